The number of rotatable bonds is 2. The number of carboxylic acid groups (broad SMARTS) is 1. The van der Waals surface area contributed by atoms with Gasteiger partial charge in [0.2, 0.25) is 0 Å². The molecule has 0 aliphatic carbocycles. The molecule has 1 N–H and O–H groups in total. The van der Waals surface area contributed by atoms with Crippen molar-refractivity contribution < 1.29 is 14.3 Å². The van der Waals surface area contributed by atoms with Crippen molar-refractivity contribution in [3.8, 4) is 10.4 Å². The summed E-state index contributed by atoms with van der Waals surface area (Å²) in [5, 5.41) is 8.77. The number of hydrogen-bond acceptors (Lipinski definition) is 2. The second-order valence-electron chi connectivity index (χ2n) is 3.10. The van der Waals surface area contributed by atoms with Gasteiger partial charge in [-0.2, -0.15) is 0 Å². The fraction of sp³-hybridized carbons (Fsp3) is 0. The summed E-state index contributed by atoms with van der Waals surface area (Å²) in [4.78, 5) is 11.7. The smallest absolute Gasteiger partial charge is 0.345 e. The number of carboxylic acids is 1. The molecule has 5 heteroatoms. The molecule has 0 fully saturated rings. The molecule has 0 aliphatic heterocycles. The monoisotopic (exact) mass is 300 g/mol. The maximum absolute atomic E-state index is 13.3. The van der Waals surface area contributed by atoms with Gasteiger partial charge in [0.25, 0.3) is 0 Å². The third-order valence-electron chi connectivity index (χ3n) is 2.02. The molecule has 0 atom stereocenters. The molecule has 0 saturated heterocycles. The molecule has 16 heavy (non-hydrogen) atoms. The molecule has 0 radical (unpaired) electrons. The number of thiophene rings is 1. The fourth-order valence-electron chi connectivity index (χ4n) is 1.26. The summed E-state index contributed by atoms with van der Waals surface area (Å²) in [6, 6.07) is 7.91. The molecule has 1 aromatic carbocycles. The predicted octanol–water partition coefficient (Wildman–Crippen LogP) is 4.01. The third-order valence-corrected chi connectivity index (χ3v) is 3.79. The number of halogens is 2. The average molecular weight is 301 g/mol. The van der Waals surface area contributed by atoms with Crippen LogP contribution >= 0.6 is 27.3 Å². The second kappa shape index (κ2) is 4.35. The van der Waals surface area contributed by atoms with Crippen LogP contribution in [0.1, 0.15) is 9.67 Å². The minimum Gasteiger partial charge on any atom is -0.477 e. The summed E-state index contributed by atoms with van der Waals surface area (Å²) in [7, 11) is 0. The van der Waals surface area contributed by atoms with Gasteiger partial charge in [0.15, 0.2) is 0 Å². The van der Waals surface area contributed by atoms with E-state index >= 15 is 0 Å². The van der Waals surface area contributed by atoms with Crippen LogP contribution in [0, 0.1) is 5.82 Å². The van der Waals surface area contributed by atoms with E-state index in [1.165, 1.54) is 12.1 Å². The van der Waals surface area contributed by atoms with Crippen molar-refractivity contribution in [1.82, 2.24) is 0 Å². The minimum absolute atomic E-state index is 0.248. The van der Waals surface area contributed by atoms with Crippen molar-refractivity contribution in [3.63, 3.8) is 0 Å². The molecule has 0 amide bonds. The zero-order chi connectivity index (χ0) is 11.7. The van der Waals surface area contributed by atoms with Gasteiger partial charge in [-0.3, -0.25) is 0 Å². The Hall–Kier alpha value is -1.20. The highest BCUT2D eigenvalue weighted by molar-refractivity contribution is 9.10. The lowest BCUT2D eigenvalue weighted by molar-refractivity contribution is 0.0702. The summed E-state index contributed by atoms with van der Waals surface area (Å²) in [6.45, 7) is 0. The molecular formula is C11H6BrFO2S. The third kappa shape index (κ3) is 2.15. The first kappa shape index (κ1) is 11.3. The van der Waals surface area contributed by atoms with Crippen LogP contribution in [0.2, 0.25) is 0 Å². The van der Waals surface area contributed by atoms with Crippen LogP contribution in [0.15, 0.2) is 34.8 Å². The van der Waals surface area contributed by atoms with E-state index in [4.69, 9.17) is 5.11 Å². The molecule has 82 valence electrons. The van der Waals surface area contributed by atoms with Gasteiger partial charge >= 0.3 is 5.97 Å². The quantitative estimate of drug-likeness (QED) is 0.910. The van der Waals surface area contributed by atoms with E-state index in [0.29, 0.717) is 10.0 Å². The van der Waals surface area contributed by atoms with Crippen LogP contribution in [0.25, 0.3) is 10.4 Å². The van der Waals surface area contributed by atoms with Crippen LogP contribution in [0.4, 0.5) is 4.39 Å². The summed E-state index contributed by atoms with van der Waals surface area (Å²) in [5.41, 5.74) is 0.679. The summed E-state index contributed by atoms with van der Waals surface area (Å²) >= 11 is 4.19. The van der Waals surface area contributed by atoms with Gasteiger partial charge in [-0.05, 0) is 45.8 Å². The number of benzene rings is 1. The fourth-order valence-corrected chi connectivity index (χ4v) is 2.35. The lowest BCUT2D eigenvalue weighted by Crippen LogP contribution is -1.89. The van der Waals surface area contributed by atoms with E-state index in [9.17, 15) is 9.18 Å². The summed E-state index contributed by atoms with van der Waals surface area (Å²) in [5.74, 6) is -1.32. The normalized spacial score (nSPS) is 10.4. The molecule has 2 rings (SSSR count). The van der Waals surface area contributed by atoms with Gasteiger partial charge in [0.05, 0.1) is 4.47 Å². The van der Waals surface area contributed by atoms with E-state index in [0.717, 1.165) is 16.2 Å². The lowest BCUT2D eigenvalue weighted by atomic mass is 10.2. The van der Waals surface area contributed by atoms with Crippen LogP contribution < -0.4 is 0 Å². The van der Waals surface area contributed by atoms with Crippen molar-refractivity contribution in [2.24, 2.45) is 0 Å². The van der Waals surface area contributed by atoms with E-state index < -0.39 is 5.97 Å². The lowest BCUT2D eigenvalue weighted by Gasteiger charge is -1.98. The number of aromatic carboxylic acids is 1. The van der Waals surface area contributed by atoms with Crippen molar-refractivity contribution in [1.29, 1.82) is 0 Å². The average Bonchev–Trinajstić information content (AvgIpc) is 2.71. The number of hydrogen-bond donors (Lipinski definition) is 1. The highest BCUT2D eigenvalue weighted by atomic mass is 79.9. The molecule has 2 nitrogen and oxygen atoms in total. The van der Waals surface area contributed by atoms with Crippen molar-refractivity contribution >= 4 is 33.2 Å². The van der Waals surface area contributed by atoms with Gasteiger partial charge in [-0.25, -0.2) is 9.18 Å². The van der Waals surface area contributed by atoms with Gasteiger partial charge in [0, 0.05) is 4.88 Å². The van der Waals surface area contributed by atoms with Crippen LogP contribution in [0.5, 0.6) is 0 Å². The van der Waals surface area contributed by atoms with Gasteiger partial charge < -0.3 is 5.11 Å². The van der Waals surface area contributed by atoms with E-state index in [1.54, 1.807) is 18.2 Å². The maximum atomic E-state index is 13.3. The van der Waals surface area contributed by atoms with Crippen molar-refractivity contribution in [2.75, 3.05) is 0 Å². The molecule has 2 aromatic rings. The van der Waals surface area contributed by atoms with Crippen LogP contribution in [0.3, 0.4) is 0 Å². The first-order valence-electron chi connectivity index (χ1n) is 4.36. The zero-order valence-corrected chi connectivity index (χ0v) is 10.3. The van der Waals surface area contributed by atoms with E-state index in [2.05, 4.69) is 15.9 Å². The summed E-state index contributed by atoms with van der Waals surface area (Å²) < 4.78 is 13.7. The largest absolute Gasteiger partial charge is 0.477 e. The molecule has 0 aliphatic rings. The van der Waals surface area contributed by atoms with Crippen LogP contribution in [-0.4, -0.2) is 11.1 Å². The Labute approximate surface area is 103 Å². The first-order valence-corrected chi connectivity index (χ1v) is 5.97. The van der Waals surface area contributed by atoms with Gasteiger partial charge in [0.1, 0.15) is 10.7 Å². The molecule has 1 heterocycles. The molecule has 0 spiro atoms. The van der Waals surface area contributed by atoms with Crippen LogP contribution in [-0.2, 0) is 0 Å². The SMILES string of the molecule is O=C(O)c1ccc(-c2ccc(Br)c(F)c2)s1. The Balaban J connectivity index is 2.42. The molecule has 0 bridgehead atoms. The topological polar surface area (TPSA) is 37.3 Å². The highest BCUT2D eigenvalue weighted by Gasteiger charge is 2.09. The van der Waals surface area contributed by atoms with Gasteiger partial charge in [-0.15, -0.1) is 11.3 Å². The minimum atomic E-state index is -0.964. The molecule has 0 saturated carbocycles. The molecular weight excluding hydrogens is 295 g/mol. The van der Waals surface area contributed by atoms with Crippen molar-refractivity contribution in [3.05, 3.63) is 45.5 Å². The zero-order valence-electron chi connectivity index (χ0n) is 7.91. The Morgan fingerprint density at radius 1 is 1.31 bits per heavy atom. The van der Waals surface area contributed by atoms with E-state index in [-0.39, 0.29) is 10.7 Å². The molecule has 0 unspecified atom stereocenters. The van der Waals surface area contributed by atoms with E-state index in [1.807, 2.05) is 0 Å². The van der Waals surface area contributed by atoms with Crippen molar-refractivity contribution in [2.45, 2.75) is 0 Å². The standard InChI is InChI=1S/C11H6BrFO2S/c12-7-2-1-6(5-8(7)13)9-3-4-10(16-9)11(14)15/h1-5H,(H,14,15). The predicted molar refractivity (Wildman–Crippen MR) is 64.4 cm³/mol. The second-order valence-corrected chi connectivity index (χ2v) is 5.04. The molecule has 1 aromatic heterocycles. The Morgan fingerprint density at radius 2 is 2.06 bits per heavy atom. The Bertz CT molecular complexity index is 551. The maximum Gasteiger partial charge on any atom is 0.345 e. The van der Waals surface area contributed by atoms with Gasteiger partial charge in [-0.1, -0.05) is 6.07 Å². The highest BCUT2D eigenvalue weighted by Crippen LogP contribution is 2.30. The Morgan fingerprint density at radius 3 is 2.62 bits per heavy atom. The number of carbonyl (C=O) groups is 1. The first-order chi connectivity index (χ1) is 7.58. The Kier molecular flexibility index (Phi) is 3.07. The summed E-state index contributed by atoms with van der Waals surface area (Å²) in [6.07, 6.45) is 0.